The van der Waals surface area contributed by atoms with Crippen LogP contribution in [0.4, 0.5) is 5.69 Å². The van der Waals surface area contributed by atoms with Crippen molar-refractivity contribution in [3.05, 3.63) is 59.2 Å². The Hall–Kier alpha value is -2.09. The van der Waals surface area contributed by atoms with Crippen LogP contribution in [0.5, 0.6) is 0 Å². The molecule has 0 saturated heterocycles. The Morgan fingerprint density at radius 3 is 1.97 bits per heavy atom. The minimum absolute atomic E-state index is 0. The van der Waals surface area contributed by atoms with Crippen molar-refractivity contribution in [3.63, 3.8) is 0 Å². The molecule has 2 aromatic carbocycles. The zero-order valence-electron chi connectivity index (χ0n) is 19.1. The average molecular weight is 468 g/mol. The van der Waals surface area contributed by atoms with Crippen LogP contribution in [0.3, 0.4) is 0 Å². The van der Waals surface area contributed by atoms with Crippen LogP contribution in [0.1, 0.15) is 63.0 Å². The van der Waals surface area contributed by atoms with Crippen molar-refractivity contribution in [2.24, 2.45) is 5.73 Å². The summed E-state index contributed by atoms with van der Waals surface area (Å²) in [6.45, 7) is 13.0. The molecule has 2 aromatic rings. The van der Waals surface area contributed by atoms with E-state index < -0.39 is 10.0 Å². The summed E-state index contributed by atoms with van der Waals surface area (Å²) >= 11 is 0. The predicted octanol–water partition coefficient (Wildman–Crippen LogP) is 4.19. The van der Waals surface area contributed by atoms with E-state index in [1.54, 1.807) is 30.3 Å². The highest BCUT2D eigenvalue weighted by Crippen LogP contribution is 2.32. The second-order valence-electron chi connectivity index (χ2n) is 9.48. The molecule has 0 aliphatic rings. The molecule has 0 saturated carbocycles. The number of anilines is 1. The number of carbonyl (C=O) groups is 1. The summed E-state index contributed by atoms with van der Waals surface area (Å²) in [5, 5.41) is 2.68. The van der Waals surface area contributed by atoms with E-state index in [1.165, 1.54) is 6.07 Å². The summed E-state index contributed by atoms with van der Waals surface area (Å²) in [7, 11) is -3.84. The number of hydrogen-bond acceptors (Lipinski definition) is 4. The number of halogens is 1. The highest BCUT2D eigenvalue weighted by Gasteiger charge is 2.25. The Morgan fingerprint density at radius 1 is 0.935 bits per heavy atom. The standard InChI is InChI=1S/C23H33N3O3S.ClH/c1-22(2,3)17-13-18(23(4,5)6)15-20(14-17)30(28,29)26-19-9-7-8-16(12-19)21(27)25-11-10-24;/h7-9,12-15,26H,10-11,24H2,1-6H3,(H,25,27);1H. The van der Waals surface area contributed by atoms with E-state index in [4.69, 9.17) is 5.73 Å². The molecule has 2 rings (SSSR count). The lowest BCUT2D eigenvalue weighted by Gasteiger charge is -2.26. The van der Waals surface area contributed by atoms with E-state index >= 15 is 0 Å². The van der Waals surface area contributed by atoms with Crippen LogP contribution in [-0.2, 0) is 20.9 Å². The van der Waals surface area contributed by atoms with Gasteiger partial charge in [0.05, 0.1) is 4.90 Å². The van der Waals surface area contributed by atoms with Gasteiger partial charge in [-0.05, 0) is 52.3 Å². The number of benzene rings is 2. The average Bonchev–Trinajstić information content (AvgIpc) is 2.64. The summed E-state index contributed by atoms with van der Waals surface area (Å²) < 4.78 is 29.0. The Labute approximate surface area is 192 Å². The van der Waals surface area contributed by atoms with Gasteiger partial charge in [-0.25, -0.2) is 8.42 Å². The first kappa shape index (κ1) is 26.9. The molecule has 31 heavy (non-hydrogen) atoms. The number of rotatable bonds is 6. The minimum Gasteiger partial charge on any atom is -0.351 e. The lowest BCUT2D eigenvalue weighted by molar-refractivity contribution is 0.0954. The molecule has 0 unspecified atom stereocenters. The zero-order chi connectivity index (χ0) is 22.7. The summed E-state index contributed by atoms with van der Waals surface area (Å²) in [5.74, 6) is -0.300. The maximum absolute atomic E-state index is 13.2. The molecular weight excluding hydrogens is 434 g/mol. The third-order valence-corrected chi connectivity index (χ3v) is 6.12. The van der Waals surface area contributed by atoms with E-state index in [2.05, 4.69) is 57.6 Å². The van der Waals surface area contributed by atoms with Gasteiger partial charge < -0.3 is 11.1 Å². The third kappa shape index (κ3) is 7.23. The van der Waals surface area contributed by atoms with Crippen molar-refractivity contribution in [3.8, 4) is 0 Å². The summed E-state index contributed by atoms with van der Waals surface area (Å²) in [6.07, 6.45) is 0. The minimum atomic E-state index is -3.84. The Kier molecular flexibility index (Phi) is 8.71. The van der Waals surface area contributed by atoms with Crippen LogP contribution < -0.4 is 15.8 Å². The van der Waals surface area contributed by atoms with Crippen molar-refractivity contribution in [2.75, 3.05) is 17.8 Å². The van der Waals surface area contributed by atoms with Gasteiger partial charge in [0.1, 0.15) is 0 Å². The normalized spacial score (nSPS) is 12.1. The maximum Gasteiger partial charge on any atom is 0.261 e. The van der Waals surface area contributed by atoms with E-state index in [9.17, 15) is 13.2 Å². The lowest BCUT2D eigenvalue weighted by Crippen LogP contribution is -2.29. The molecule has 0 aliphatic heterocycles. The molecule has 6 nitrogen and oxygen atoms in total. The molecule has 0 radical (unpaired) electrons. The number of nitrogens with one attached hydrogen (secondary N) is 2. The molecule has 8 heteroatoms. The number of hydrogen-bond donors (Lipinski definition) is 3. The van der Waals surface area contributed by atoms with E-state index in [1.807, 2.05) is 0 Å². The van der Waals surface area contributed by atoms with Gasteiger partial charge in [0.25, 0.3) is 15.9 Å². The molecule has 0 heterocycles. The van der Waals surface area contributed by atoms with Gasteiger partial charge in [0.2, 0.25) is 0 Å². The van der Waals surface area contributed by atoms with E-state index in [0.717, 1.165) is 11.1 Å². The van der Waals surface area contributed by atoms with Crippen molar-refractivity contribution in [1.29, 1.82) is 0 Å². The first-order valence-corrected chi connectivity index (χ1v) is 11.5. The van der Waals surface area contributed by atoms with Crippen LogP contribution in [-0.4, -0.2) is 27.4 Å². The van der Waals surface area contributed by atoms with Gasteiger partial charge >= 0.3 is 0 Å². The van der Waals surface area contributed by atoms with Crippen LogP contribution in [0.15, 0.2) is 47.4 Å². The van der Waals surface area contributed by atoms with Gasteiger partial charge in [-0.3, -0.25) is 9.52 Å². The van der Waals surface area contributed by atoms with Crippen molar-refractivity contribution < 1.29 is 13.2 Å². The molecular formula is C23H34ClN3O3S. The van der Waals surface area contributed by atoms with E-state index in [0.29, 0.717) is 24.3 Å². The van der Waals surface area contributed by atoms with Crippen molar-refractivity contribution in [1.82, 2.24) is 5.32 Å². The summed E-state index contributed by atoms with van der Waals surface area (Å²) in [6, 6.07) is 11.9. The van der Waals surface area contributed by atoms with Crippen molar-refractivity contribution in [2.45, 2.75) is 57.3 Å². The lowest BCUT2D eigenvalue weighted by atomic mass is 9.81. The van der Waals surface area contributed by atoms with Gasteiger partial charge in [-0.2, -0.15) is 0 Å². The number of amides is 1. The second-order valence-corrected chi connectivity index (χ2v) is 11.2. The topological polar surface area (TPSA) is 101 Å². The van der Waals surface area contributed by atoms with Crippen LogP contribution in [0, 0.1) is 0 Å². The molecule has 0 atom stereocenters. The van der Waals surface area contributed by atoms with Gasteiger partial charge in [0.15, 0.2) is 0 Å². The molecule has 0 fully saturated rings. The van der Waals surface area contributed by atoms with Crippen LogP contribution in [0.25, 0.3) is 0 Å². The molecule has 0 aliphatic carbocycles. The SMILES string of the molecule is CC(C)(C)c1cc(C(C)(C)C)cc(S(=O)(=O)Nc2cccc(C(=O)NCCN)c2)c1.Cl. The number of nitrogens with two attached hydrogens (primary N) is 1. The zero-order valence-corrected chi connectivity index (χ0v) is 20.7. The Balaban J connectivity index is 0.00000480. The van der Waals surface area contributed by atoms with Crippen molar-refractivity contribution >= 4 is 34.0 Å². The van der Waals surface area contributed by atoms with Gasteiger partial charge in [-0.1, -0.05) is 53.7 Å². The number of sulfonamides is 1. The smallest absolute Gasteiger partial charge is 0.261 e. The molecule has 0 bridgehead atoms. The highest BCUT2D eigenvalue weighted by atomic mass is 35.5. The predicted molar refractivity (Wildman–Crippen MR) is 130 cm³/mol. The van der Waals surface area contributed by atoms with Crippen LogP contribution in [0.2, 0.25) is 0 Å². The molecule has 0 aromatic heterocycles. The largest absolute Gasteiger partial charge is 0.351 e. The molecule has 172 valence electrons. The fraction of sp³-hybridized carbons (Fsp3) is 0.435. The van der Waals surface area contributed by atoms with Crippen LogP contribution >= 0.6 is 12.4 Å². The Bertz CT molecular complexity index is 991. The fourth-order valence-corrected chi connectivity index (χ4v) is 3.97. The second kappa shape index (κ2) is 10.0. The van der Waals surface area contributed by atoms with Gasteiger partial charge in [-0.15, -0.1) is 12.4 Å². The maximum atomic E-state index is 13.2. The summed E-state index contributed by atoms with van der Waals surface area (Å²) in [4.78, 5) is 12.4. The highest BCUT2D eigenvalue weighted by molar-refractivity contribution is 7.92. The van der Waals surface area contributed by atoms with E-state index in [-0.39, 0.29) is 34.0 Å². The fourth-order valence-electron chi connectivity index (χ4n) is 2.85. The Morgan fingerprint density at radius 2 is 1.48 bits per heavy atom. The van der Waals surface area contributed by atoms with Gasteiger partial charge in [0, 0.05) is 24.3 Å². The number of carbonyl (C=O) groups excluding carboxylic acids is 1. The molecule has 1 amide bonds. The summed E-state index contributed by atoms with van der Waals surface area (Å²) in [5.41, 5.74) is 7.60. The first-order chi connectivity index (χ1) is 13.7. The third-order valence-electron chi connectivity index (χ3n) is 4.76. The first-order valence-electron chi connectivity index (χ1n) is 10.0. The quantitative estimate of drug-likeness (QED) is 0.592. The molecule has 0 spiro atoms. The molecule has 4 N–H and O–H groups in total. The monoisotopic (exact) mass is 467 g/mol.